The first-order chi connectivity index (χ1) is 9.60. The van der Waals surface area contributed by atoms with E-state index < -0.39 is 0 Å². The number of carbonyl (C=O) groups is 1. The lowest BCUT2D eigenvalue weighted by Gasteiger charge is -2.11. The molecule has 4 heteroatoms. The Kier molecular flexibility index (Phi) is 4.25. The lowest BCUT2D eigenvalue weighted by molar-refractivity contribution is 0.104. The van der Waals surface area contributed by atoms with Gasteiger partial charge in [-0.1, -0.05) is 12.2 Å². The summed E-state index contributed by atoms with van der Waals surface area (Å²) in [4.78, 5) is 11.9. The molecule has 104 valence electrons. The Hall–Kier alpha value is -2.49. The normalized spacial score (nSPS) is 18.1. The van der Waals surface area contributed by atoms with Crippen molar-refractivity contribution in [3.8, 4) is 11.5 Å². The predicted molar refractivity (Wildman–Crippen MR) is 75.6 cm³/mol. The summed E-state index contributed by atoms with van der Waals surface area (Å²) in [7, 11) is 1.61. The van der Waals surface area contributed by atoms with Crippen molar-refractivity contribution in [1.82, 2.24) is 0 Å². The second-order valence-electron chi connectivity index (χ2n) is 4.49. The average molecular weight is 272 g/mol. The second-order valence-corrected chi connectivity index (χ2v) is 4.49. The van der Waals surface area contributed by atoms with Crippen LogP contribution in [0.2, 0.25) is 0 Å². The van der Waals surface area contributed by atoms with Crippen LogP contribution in [0.5, 0.6) is 11.5 Å². The van der Waals surface area contributed by atoms with Gasteiger partial charge in [0.05, 0.1) is 12.7 Å². The van der Waals surface area contributed by atoms with E-state index in [2.05, 4.69) is 0 Å². The highest BCUT2D eigenvalue weighted by molar-refractivity contribution is 6.06. The first-order valence-electron chi connectivity index (χ1n) is 6.27. The first-order valence-corrected chi connectivity index (χ1v) is 6.27. The fourth-order valence-corrected chi connectivity index (χ4v) is 1.94. The van der Waals surface area contributed by atoms with E-state index in [1.807, 2.05) is 18.2 Å². The topological polar surface area (TPSA) is 66.8 Å². The molecule has 0 bridgehead atoms. The molecular formula is C16H16O4. The van der Waals surface area contributed by atoms with Crippen LogP contribution in [0, 0.1) is 5.92 Å². The number of hydrogen-bond acceptors (Lipinski definition) is 4. The van der Waals surface area contributed by atoms with Gasteiger partial charge in [-0.15, -0.1) is 0 Å². The van der Waals surface area contributed by atoms with Crippen molar-refractivity contribution in [2.75, 3.05) is 7.11 Å². The minimum Gasteiger partial charge on any atom is -0.508 e. The molecule has 0 heterocycles. The third-order valence-corrected chi connectivity index (χ3v) is 3.08. The molecule has 0 saturated heterocycles. The maximum absolute atomic E-state index is 11.9. The largest absolute Gasteiger partial charge is 0.508 e. The Labute approximate surface area is 117 Å². The van der Waals surface area contributed by atoms with Gasteiger partial charge in [0.15, 0.2) is 5.78 Å². The number of aromatic hydroxyl groups is 2. The van der Waals surface area contributed by atoms with Crippen molar-refractivity contribution in [2.24, 2.45) is 5.92 Å². The standard InChI is InChI=1S/C16H16O4/c1-20-13-6-2-11(3-7-13)4-9-15(18)14-8-5-12(17)10-16(14)19/h2,4-11,17,19H,3H2,1H3/b9-4+/t11-/m1/s1. The average Bonchev–Trinajstić information content (AvgIpc) is 2.45. The zero-order valence-corrected chi connectivity index (χ0v) is 11.1. The summed E-state index contributed by atoms with van der Waals surface area (Å²) < 4.78 is 5.09. The number of hydrogen-bond donors (Lipinski definition) is 2. The van der Waals surface area contributed by atoms with Gasteiger partial charge in [-0.25, -0.2) is 0 Å². The summed E-state index contributed by atoms with van der Waals surface area (Å²) >= 11 is 0. The molecule has 0 aromatic heterocycles. The summed E-state index contributed by atoms with van der Waals surface area (Å²) in [6.07, 6.45) is 9.77. The van der Waals surface area contributed by atoms with Crippen molar-refractivity contribution < 1.29 is 19.7 Å². The minimum atomic E-state index is -0.294. The van der Waals surface area contributed by atoms with Gasteiger partial charge in [-0.2, -0.15) is 0 Å². The van der Waals surface area contributed by atoms with Crippen LogP contribution < -0.4 is 0 Å². The zero-order valence-electron chi connectivity index (χ0n) is 11.1. The lowest BCUT2D eigenvalue weighted by Crippen LogP contribution is -2.00. The molecule has 2 N–H and O–H groups in total. The monoisotopic (exact) mass is 272 g/mol. The number of phenols is 2. The van der Waals surface area contributed by atoms with Crippen LogP contribution in [0.15, 0.2) is 54.3 Å². The van der Waals surface area contributed by atoms with Crippen LogP contribution in [0.1, 0.15) is 16.8 Å². The Balaban J connectivity index is 2.03. The van der Waals surface area contributed by atoms with Gasteiger partial charge in [0.25, 0.3) is 0 Å². The molecule has 1 aliphatic carbocycles. The van der Waals surface area contributed by atoms with E-state index in [9.17, 15) is 15.0 Å². The van der Waals surface area contributed by atoms with Crippen LogP contribution in [0.25, 0.3) is 0 Å². The van der Waals surface area contributed by atoms with Crippen molar-refractivity contribution in [3.63, 3.8) is 0 Å². The van der Waals surface area contributed by atoms with Gasteiger partial charge in [-0.3, -0.25) is 4.79 Å². The summed E-state index contributed by atoms with van der Waals surface area (Å²) in [5, 5.41) is 18.8. The minimum absolute atomic E-state index is 0.0736. The molecule has 1 atom stereocenters. The molecular weight excluding hydrogens is 256 g/mol. The highest BCUT2D eigenvalue weighted by Crippen LogP contribution is 2.24. The van der Waals surface area contributed by atoms with Crippen LogP contribution in [-0.4, -0.2) is 23.1 Å². The number of ether oxygens (including phenoxy) is 1. The van der Waals surface area contributed by atoms with Crippen molar-refractivity contribution in [2.45, 2.75) is 6.42 Å². The van der Waals surface area contributed by atoms with E-state index in [4.69, 9.17) is 4.74 Å². The number of benzene rings is 1. The van der Waals surface area contributed by atoms with Gasteiger partial charge in [0.2, 0.25) is 0 Å². The van der Waals surface area contributed by atoms with Crippen molar-refractivity contribution in [3.05, 3.63) is 59.9 Å². The third kappa shape index (κ3) is 3.29. The SMILES string of the molecule is COC1=CC[C@H](/C=C/C(=O)c2ccc(O)cc2O)C=C1. The summed E-state index contributed by atoms with van der Waals surface area (Å²) in [6.45, 7) is 0. The maximum atomic E-state index is 11.9. The fraction of sp³-hybridized carbons (Fsp3) is 0.188. The number of rotatable bonds is 4. The Morgan fingerprint density at radius 1 is 1.40 bits per heavy atom. The molecule has 0 fully saturated rings. The first kappa shape index (κ1) is 13.9. The number of ketones is 1. The van der Waals surface area contributed by atoms with Gasteiger partial charge >= 0.3 is 0 Å². The molecule has 4 nitrogen and oxygen atoms in total. The Morgan fingerprint density at radius 2 is 2.20 bits per heavy atom. The molecule has 0 saturated carbocycles. The van der Waals surface area contributed by atoms with E-state index in [1.54, 1.807) is 13.2 Å². The van der Waals surface area contributed by atoms with Gasteiger partial charge in [0, 0.05) is 6.07 Å². The van der Waals surface area contributed by atoms with E-state index in [1.165, 1.54) is 18.2 Å². The van der Waals surface area contributed by atoms with E-state index >= 15 is 0 Å². The molecule has 20 heavy (non-hydrogen) atoms. The van der Waals surface area contributed by atoms with Crippen molar-refractivity contribution in [1.29, 1.82) is 0 Å². The van der Waals surface area contributed by atoms with E-state index in [0.29, 0.717) is 0 Å². The molecule has 0 spiro atoms. The number of methoxy groups -OCH3 is 1. The van der Waals surface area contributed by atoms with E-state index in [-0.39, 0.29) is 28.8 Å². The number of phenolic OH excluding ortho intramolecular Hbond substituents is 2. The molecule has 0 unspecified atom stereocenters. The van der Waals surface area contributed by atoms with Crippen LogP contribution >= 0.6 is 0 Å². The Bertz CT molecular complexity index is 596. The summed E-state index contributed by atoms with van der Waals surface area (Å²) in [5.41, 5.74) is 0.173. The molecule has 1 aromatic rings. The highest BCUT2D eigenvalue weighted by atomic mass is 16.5. The number of allylic oxidation sites excluding steroid dienone is 5. The molecule has 0 aliphatic heterocycles. The number of carbonyl (C=O) groups excluding carboxylic acids is 1. The van der Waals surface area contributed by atoms with E-state index in [0.717, 1.165) is 18.2 Å². The van der Waals surface area contributed by atoms with Gasteiger partial charge < -0.3 is 14.9 Å². The second kappa shape index (κ2) is 6.10. The van der Waals surface area contributed by atoms with Gasteiger partial charge in [-0.05, 0) is 42.7 Å². The van der Waals surface area contributed by atoms with Crippen LogP contribution in [0.3, 0.4) is 0 Å². The molecule has 0 amide bonds. The smallest absolute Gasteiger partial charge is 0.189 e. The zero-order chi connectivity index (χ0) is 14.5. The van der Waals surface area contributed by atoms with Crippen molar-refractivity contribution >= 4 is 5.78 Å². The highest BCUT2D eigenvalue weighted by Gasteiger charge is 2.10. The summed E-state index contributed by atoms with van der Waals surface area (Å²) in [5.74, 6) is 0.363. The Morgan fingerprint density at radius 3 is 2.80 bits per heavy atom. The fourth-order valence-electron chi connectivity index (χ4n) is 1.94. The molecule has 1 aliphatic rings. The van der Waals surface area contributed by atoms with Crippen LogP contribution in [-0.2, 0) is 4.74 Å². The van der Waals surface area contributed by atoms with Gasteiger partial charge in [0.1, 0.15) is 17.3 Å². The lowest BCUT2D eigenvalue weighted by atomic mass is 9.98. The summed E-state index contributed by atoms with van der Waals surface area (Å²) in [6, 6.07) is 3.92. The molecule has 2 rings (SSSR count). The molecule has 0 radical (unpaired) electrons. The van der Waals surface area contributed by atoms with Crippen LogP contribution in [0.4, 0.5) is 0 Å². The predicted octanol–water partition coefficient (Wildman–Crippen LogP) is 2.94. The maximum Gasteiger partial charge on any atom is 0.189 e. The quantitative estimate of drug-likeness (QED) is 0.653. The third-order valence-electron chi connectivity index (χ3n) is 3.08. The molecule has 1 aromatic carbocycles.